The van der Waals surface area contributed by atoms with E-state index in [0.29, 0.717) is 24.2 Å². The van der Waals surface area contributed by atoms with E-state index in [1.54, 1.807) is 24.3 Å². The van der Waals surface area contributed by atoms with Gasteiger partial charge in [0.15, 0.2) is 6.61 Å². The molecule has 0 aliphatic carbocycles. The number of rotatable bonds is 8. The maximum absolute atomic E-state index is 13.3. The van der Waals surface area contributed by atoms with Crippen LogP contribution in [0.2, 0.25) is 0 Å². The van der Waals surface area contributed by atoms with Crippen molar-refractivity contribution in [2.45, 2.75) is 64.6 Å². The van der Waals surface area contributed by atoms with Gasteiger partial charge >= 0.3 is 5.97 Å². The molecule has 0 saturated carbocycles. The van der Waals surface area contributed by atoms with Crippen LogP contribution < -0.4 is 10.2 Å². The Morgan fingerprint density at radius 1 is 1.17 bits per heavy atom. The molecule has 1 aromatic rings. The number of anilines is 1. The van der Waals surface area contributed by atoms with Gasteiger partial charge in [-0.15, -0.1) is 0 Å². The second-order valence-corrected chi connectivity index (χ2v) is 7.68. The second kappa shape index (κ2) is 8.85. The lowest BCUT2D eigenvalue weighted by atomic mass is 9.96. The SMILES string of the molecule is CCCN1C(=O)c2ccccc2N2C(=O)CC[C@]12C(=O)OCC(=O)NC(CC)CC. The summed E-state index contributed by atoms with van der Waals surface area (Å²) in [6.07, 6.45) is 2.42. The number of carbonyl (C=O) groups is 4. The predicted molar refractivity (Wildman–Crippen MR) is 111 cm³/mol. The molecule has 8 nitrogen and oxygen atoms in total. The summed E-state index contributed by atoms with van der Waals surface area (Å²) in [5.74, 6) is -1.69. The number of fused-ring (bicyclic) bond motifs is 3. The van der Waals surface area contributed by atoms with E-state index in [4.69, 9.17) is 4.74 Å². The Morgan fingerprint density at radius 3 is 2.53 bits per heavy atom. The molecular formula is C22H29N3O5. The summed E-state index contributed by atoms with van der Waals surface area (Å²) in [5, 5.41) is 2.82. The Hall–Kier alpha value is -2.90. The average Bonchev–Trinajstić information content (AvgIpc) is 3.11. The van der Waals surface area contributed by atoms with Gasteiger partial charge in [0.2, 0.25) is 11.6 Å². The summed E-state index contributed by atoms with van der Waals surface area (Å²) in [4.78, 5) is 54.4. The lowest BCUT2D eigenvalue weighted by Gasteiger charge is -2.48. The zero-order valence-corrected chi connectivity index (χ0v) is 17.8. The van der Waals surface area contributed by atoms with E-state index in [1.165, 1.54) is 9.80 Å². The van der Waals surface area contributed by atoms with Gasteiger partial charge in [0.05, 0.1) is 11.3 Å². The van der Waals surface area contributed by atoms with Crippen molar-refractivity contribution in [3.63, 3.8) is 0 Å². The molecule has 0 spiro atoms. The van der Waals surface area contributed by atoms with Crippen LogP contribution in [-0.4, -0.2) is 53.4 Å². The third-order valence-corrected chi connectivity index (χ3v) is 5.83. The molecule has 162 valence electrons. The number of benzene rings is 1. The highest BCUT2D eigenvalue weighted by atomic mass is 16.5. The van der Waals surface area contributed by atoms with Crippen molar-refractivity contribution < 1.29 is 23.9 Å². The highest BCUT2D eigenvalue weighted by Crippen LogP contribution is 2.45. The number of hydrogen-bond acceptors (Lipinski definition) is 5. The molecule has 8 heteroatoms. The molecular weight excluding hydrogens is 386 g/mol. The Labute approximate surface area is 176 Å². The fraction of sp³-hybridized carbons (Fsp3) is 0.545. The predicted octanol–water partition coefficient (Wildman–Crippen LogP) is 2.22. The largest absolute Gasteiger partial charge is 0.452 e. The molecule has 1 aromatic carbocycles. The lowest BCUT2D eigenvalue weighted by Crippen LogP contribution is -2.68. The van der Waals surface area contributed by atoms with Crippen LogP contribution in [0, 0.1) is 0 Å². The maximum atomic E-state index is 13.3. The molecule has 1 atom stereocenters. The molecule has 1 N–H and O–H groups in total. The summed E-state index contributed by atoms with van der Waals surface area (Å²) in [6.45, 7) is 5.68. The lowest BCUT2D eigenvalue weighted by molar-refractivity contribution is -0.160. The Balaban J connectivity index is 1.91. The fourth-order valence-electron chi connectivity index (χ4n) is 4.29. The van der Waals surface area contributed by atoms with Crippen molar-refractivity contribution in [3.05, 3.63) is 29.8 Å². The van der Waals surface area contributed by atoms with E-state index in [1.807, 2.05) is 20.8 Å². The van der Waals surface area contributed by atoms with Crippen molar-refractivity contribution in [1.82, 2.24) is 10.2 Å². The van der Waals surface area contributed by atoms with Crippen LogP contribution in [0.4, 0.5) is 5.69 Å². The smallest absolute Gasteiger partial charge is 0.354 e. The number of carbonyl (C=O) groups excluding carboxylic acids is 4. The third kappa shape index (κ3) is 3.55. The van der Waals surface area contributed by atoms with Crippen LogP contribution in [0.15, 0.2) is 24.3 Å². The molecule has 0 unspecified atom stereocenters. The normalized spacial score (nSPS) is 20.3. The highest BCUT2D eigenvalue weighted by Gasteiger charge is 2.61. The van der Waals surface area contributed by atoms with E-state index in [9.17, 15) is 19.2 Å². The number of ether oxygens (including phenoxy) is 1. The van der Waals surface area contributed by atoms with Gasteiger partial charge in [-0.3, -0.25) is 19.3 Å². The number of esters is 1. The minimum atomic E-state index is -1.55. The summed E-state index contributed by atoms with van der Waals surface area (Å²) in [7, 11) is 0. The summed E-state index contributed by atoms with van der Waals surface area (Å²) in [6, 6.07) is 6.80. The number of nitrogens with one attached hydrogen (secondary N) is 1. The fourth-order valence-corrected chi connectivity index (χ4v) is 4.29. The van der Waals surface area contributed by atoms with Crippen LogP contribution in [0.1, 0.15) is 63.2 Å². The average molecular weight is 415 g/mol. The summed E-state index contributed by atoms with van der Waals surface area (Å²) < 4.78 is 5.39. The molecule has 3 rings (SSSR count). The topological polar surface area (TPSA) is 96.0 Å². The van der Waals surface area contributed by atoms with Gasteiger partial charge in [-0.25, -0.2) is 4.79 Å². The zero-order valence-electron chi connectivity index (χ0n) is 17.8. The van der Waals surface area contributed by atoms with Crippen LogP contribution in [0.25, 0.3) is 0 Å². The first-order chi connectivity index (χ1) is 14.4. The third-order valence-electron chi connectivity index (χ3n) is 5.83. The first-order valence-corrected chi connectivity index (χ1v) is 10.6. The first kappa shape index (κ1) is 21.8. The van der Waals surface area contributed by atoms with Crippen molar-refractivity contribution in [2.24, 2.45) is 0 Å². The Bertz CT molecular complexity index is 851. The van der Waals surface area contributed by atoms with Crippen molar-refractivity contribution in [2.75, 3.05) is 18.1 Å². The summed E-state index contributed by atoms with van der Waals surface area (Å²) >= 11 is 0. The van der Waals surface area contributed by atoms with Crippen LogP contribution >= 0.6 is 0 Å². The summed E-state index contributed by atoms with van der Waals surface area (Å²) in [5.41, 5.74) is -0.750. The molecule has 0 bridgehead atoms. The van der Waals surface area contributed by atoms with E-state index in [2.05, 4.69) is 5.32 Å². The van der Waals surface area contributed by atoms with Crippen molar-refractivity contribution in [1.29, 1.82) is 0 Å². The maximum Gasteiger partial charge on any atom is 0.354 e. The van der Waals surface area contributed by atoms with Gasteiger partial charge < -0.3 is 15.0 Å². The Kier molecular flexibility index (Phi) is 6.43. The highest BCUT2D eigenvalue weighted by molar-refractivity contribution is 6.15. The van der Waals surface area contributed by atoms with Crippen molar-refractivity contribution >= 4 is 29.4 Å². The van der Waals surface area contributed by atoms with Gasteiger partial charge in [0.25, 0.3) is 11.8 Å². The van der Waals surface area contributed by atoms with E-state index in [0.717, 1.165) is 12.8 Å². The molecule has 0 radical (unpaired) electrons. The molecule has 2 heterocycles. The number of para-hydroxylation sites is 1. The number of hydrogen-bond donors (Lipinski definition) is 1. The van der Waals surface area contributed by atoms with Gasteiger partial charge in [-0.05, 0) is 31.4 Å². The minimum Gasteiger partial charge on any atom is -0.452 e. The van der Waals surface area contributed by atoms with Gasteiger partial charge in [-0.1, -0.05) is 32.9 Å². The molecule has 1 saturated heterocycles. The molecule has 2 aliphatic heterocycles. The number of amides is 3. The van der Waals surface area contributed by atoms with E-state index in [-0.39, 0.29) is 30.7 Å². The number of nitrogens with zero attached hydrogens (tertiary/aromatic N) is 2. The monoisotopic (exact) mass is 415 g/mol. The van der Waals surface area contributed by atoms with Gasteiger partial charge in [0, 0.05) is 25.4 Å². The van der Waals surface area contributed by atoms with Crippen molar-refractivity contribution in [3.8, 4) is 0 Å². The van der Waals surface area contributed by atoms with E-state index < -0.39 is 24.1 Å². The van der Waals surface area contributed by atoms with Crippen LogP contribution in [0.5, 0.6) is 0 Å². The molecule has 30 heavy (non-hydrogen) atoms. The molecule has 1 fully saturated rings. The second-order valence-electron chi connectivity index (χ2n) is 7.68. The van der Waals surface area contributed by atoms with Gasteiger partial charge in [0.1, 0.15) is 0 Å². The molecule has 0 aromatic heterocycles. The van der Waals surface area contributed by atoms with Gasteiger partial charge in [-0.2, -0.15) is 0 Å². The first-order valence-electron chi connectivity index (χ1n) is 10.6. The minimum absolute atomic E-state index is 0.0126. The van der Waals surface area contributed by atoms with Crippen LogP contribution in [0.3, 0.4) is 0 Å². The quantitative estimate of drug-likeness (QED) is 0.657. The van der Waals surface area contributed by atoms with E-state index >= 15 is 0 Å². The standard InChI is InChI=1S/C22H29N3O5/c1-4-13-24-20(28)16-9-7-8-10-17(16)25-19(27)11-12-22(24,25)21(29)30-14-18(26)23-15(5-2)6-3/h7-10,15H,4-6,11-14H2,1-3H3,(H,23,26)/t22-/m0/s1. The Morgan fingerprint density at radius 2 is 1.87 bits per heavy atom. The van der Waals surface area contributed by atoms with Crippen LogP contribution in [-0.2, 0) is 19.1 Å². The molecule has 2 aliphatic rings. The zero-order chi connectivity index (χ0) is 21.9. The molecule has 3 amide bonds.